The number of carbonyl (C=O) groups excluding carboxylic acids is 1. The second-order valence-electron chi connectivity index (χ2n) is 6.84. The Morgan fingerprint density at radius 1 is 1.10 bits per heavy atom. The van der Waals surface area contributed by atoms with E-state index in [0.29, 0.717) is 23.8 Å². The molecule has 0 aliphatic heterocycles. The third-order valence-corrected chi connectivity index (χ3v) is 4.76. The predicted molar refractivity (Wildman–Crippen MR) is 115 cm³/mol. The van der Waals surface area contributed by atoms with Gasteiger partial charge in [-0.15, -0.1) is 0 Å². The predicted octanol–water partition coefficient (Wildman–Crippen LogP) is 5.02. The summed E-state index contributed by atoms with van der Waals surface area (Å²) in [6, 6.07) is 22.5. The van der Waals surface area contributed by atoms with E-state index in [4.69, 9.17) is 9.15 Å². The minimum Gasteiger partial charge on any atom is -0.494 e. The van der Waals surface area contributed by atoms with E-state index in [2.05, 4.69) is 10.4 Å². The summed E-state index contributed by atoms with van der Waals surface area (Å²) in [5.74, 6) is 1.20. The van der Waals surface area contributed by atoms with E-state index >= 15 is 0 Å². The lowest BCUT2D eigenvalue weighted by Gasteiger charge is -2.15. The summed E-state index contributed by atoms with van der Waals surface area (Å²) in [6.07, 6.45) is 1.59. The number of para-hydroxylation sites is 1. The topological polar surface area (TPSA) is 69.3 Å². The van der Waals surface area contributed by atoms with E-state index in [1.165, 1.54) is 0 Å². The van der Waals surface area contributed by atoms with Crippen LogP contribution in [0.25, 0.3) is 17.1 Å². The second kappa shape index (κ2) is 8.69. The molecule has 4 aromatic rings. The van der Waals surface area contributed by atoms with Crippen molar-refractivity contribution >= 4 is 5.91 Å². The summed E-state index contributed by atoms with van der Waals surface area (Å²) in [7, 11) is 0. The lowest BCUT2D eigenvalue weighted by molar-refractivity contribution is 0.0932. The first-order chi connectivity index (χ1) is 14.7. The lowest BCUT2D eigenvalue weighted by atomic mass is 10.1. The molecule has 2 heterocycles. The largest absolute Gasteiger partial charge is 0.494 e. The highest BCUT2D eigenvalue weighted by atomic mass is 16.5. The number of amides is 1. The molecule has 0 fully saturated rings. The Morgan fingerprint density at radius 3 is 2.53 bits per heavy atom. The van der Waals surface area contributed by atoms with E-state index in [0.717, 1.165) is 17.0 Å². The number of nitrogens with zero attached hydrogens (tertiary/aromatic N) is 2. The zero-order chi connectivity index (χ0) is 20.9. The summed E-state index contributed by atoms with van der Waals surface area (Å²) in [5, 5.41) is 7.66. The second-order valence-corrected chi connectivity index (χ2v) is 6.84. The van der Waals surface area contributed by atoms with E-state index in [1.54, 1.807) is 23.1 Å². The normalized spacial score (nSPS) is 11.8. The molecule has 0 bridgehead atoms. The van der Waals surface area contributed by atoms with Gasteiger partial charge in [0.25, 0.3) is 5.91 Å². The van der Waals surface area contributed by atoms with Crippen molar-refractivity contribution in [1.82, 2.24) is 15.1 Å². The molecule has 6 nitrogen and oxygen atoms in total. The number of hydrogen-bond donors (Lipinski definition) is 1. The van der Waals surface area contributed by atoms with Gasteiger partial charge in [-0.1, -0.05) is 30.3 Å². The summed E-state index contributed by atoms with van der Waals surface area (Å²) in [5.41, 5.74) is 2.83. The molecular weight excluding hydrogens is 378 g/mol. The molecule has 6 heteroatoms. The van der Waals surface area contributed by atoms with Crippen molar-refractivity contribution in [3.05, 3.63) is 90.3 Å². The van der Waals surface area contributed by atoms with Crippen molar-refractivity contribution in [2.75, 3.05) is 6.61 Å². The van der Waals surface area contributed by atoms with Gasteiger partial charge < -0.3 is 14.5 Å². The number of hydrogen-bond acceptors (Lipinski definition) is 4. The third-order valence-electron chi connectivity index (χ3n) is 4.76. The van der Waals surface area contributed by atoms with Crippen molar-refractivity contribution in [2.24, 2.45) is 0 Å². The third kappa shape index (κ3) is 4.12. The van der Waals surface area contributed by atoms with Crippen molar-refractivity contribution in [1.29, 1.82) is 0 Å². The minimum absolute atomic E-state index is 0.181. The van der Waals surface area contributed by atoms with Gasteiger partial charge in [-0.3, -0.25) is 4.79 Å². The number of aromatic nitrogens is 2. The van der Waals surface area contributed by atoms with Gasteiger partial charge in [-0.2, -0.15) is 5.10 Å². The van der Waals surface area contributed by atoms with Crippen LogP contribution in [0.15, 0.2) is 83.5 Å². The van der Waals surface area contributed by atoms with Crippen molar-refractivity contribution in [3.63, 3.8) is 0 Å². The van der Waals surface area contributed by atoms with Crippen LogP contribution in [-0.2, 0) is 0 Å². The Balaban J connectivity index is 1.61. The van der Waals surface area contributed by atoms with Gasteiger partial charge in [0, 0.05) is 6.07 Å². The van der Waals surface area contributed by atoms with Gasteiger partial charge in [0.05, 0.1) is 24.6 Å². The van der Waals surface area contributed by atoms with Gasteiger partial charge in [-0.25, -0.2) is 4.68 Å². The number of carbonyl (C=O) groups is 1. The first kappa shape index (κ1) is 19.5. The number of nitrogens with one attached hydrogen (secondary N) is 1. The van der Waals surface area contributed by atoms with E-state index < -0.39 is 0 Å². The fraction of sp³-hybridized carbons (Fsp3) is 0.167. The maximum atomic E-state index is 13.1. The average molecular weight is 401 g/mol. The Bertz CT molecular complexity index is 1100. The monoisotopic (exact) mass is 401 g/mol. The maximum absolute atomic E-state index is 13.1. The molecule has 4 rings (SSSR count). The van der Waals surface area contributed by atoms with Gasteiger partial charge >= 0.3 is 0 Å². The van der Waals surface area contributed by atoms with Crippen LogP contribution in [0.2, 0.25) is 0 Å². The molecular formula is C24H23N3O3. The molecule has 0 spiro atoms. The fourth-order valence-corrected chi connectivity index (χ4v) is 3.23. The van der Waals surface area contributed by atoms with Crippen LogP contribution < -0.4 is 10.1 Å². The van der Waals surface area contributed by atoms with Crippen LogP contribution in [0.4, 0.5) is 0 Å². The zero-order valence-corrected chi connectivity index (χ0v) is 16.9. The number of benzene rings is 2. The molecule has 1 unspecified atom stereocenters. The molecule has 0 aliphatic carbocycles. The molecule has 0 saturated carbocycles. The quantitative estimate of drug-likeness (QED) is 0.472. The first-order valence-corrected chi connectivity index (χ1v) is 9.88. The van der Waals surface area contributed by atoms with Gasteiger partial charge in [0.1, 0.15) is 17.1 Å². The van der Waals surface area contributed by atoms with Crippen LogP contribution in [0.5, 0.6) is 5.75 Å². The van der Waals surface area contributed by atoms with E-state index in [9.17, 15) is 4.79 Å². The molecule has 2 aromatic carbocycles. The molecule has 1 atom stereocenters. The molecule has 1 amide bonds. The van der Waals surface area contributed by atoms with E-state index in [-0.39, 0.29) is 11.9 Å². The Hall–Kier alpha value is -3.80. The molecule has 152 valence electrons. The molecule has 2 aromatic heterocycles. The standard InChI is InChI=1S/C24H23N3O3/c1-3-29-20-13-11-18(12-14-20)17(2)25-24(28)22-16-21(23-10-7-15-30-23)26-27(22)19-8-5-4-6-9-19/h4-17H,3H2,1-2H3,(H,25,28). The molecule has 0 saturated heterocycles. The lowest BCUT2D eigenvalue weighted by Crippen LogP contribution is -2.28. The Morgan fingerprint density at radius 2 is 1.87 bits per heavy atom. The molecule has 0 aliphatic rings. The Labute approximate surface area is 175 Å². The SMILES string of the molecule is CCOc1ccc(C(C)NC(=O)c2cc(-c3ccco3)nn2-c2ccccc2)cc1. The molecule has 1 N–H and O–H groups in total. The fourth-order valence-electron chi connectivity index (χ4n) is 3.23. The highest BCUT2D eigenvalue weighted by molar-refractivity contribution is 5.94. The van der Waals surface area contributed by atoms with Gasteiger partial charge in [0.15, 0.2) is 5.76 Å². The highest BCUT2D eigenvalue weighted by Crippen LogP contribution is 2.23. The number of rotatable bonds is 7. The highest BCUT2D eigenvalue weighted by Gasteiger charge is 2.20. The minimum atomic E-state index is -0.217. The summed E-state index contributed by atoms with van der Waals surface area (Å²) in [6.45, 7) is 4.51. The van der Waals surface area contributed by atoms with Crippen LogP contribution >= 0.6 is 0 Å². The zero-order valence-electron chi connectivity index (χ0n) is 16.9. The Kier molecular flexibility index (Phi) is 5.66. The van der Waals surface area contributed by atoms with Crippen LogP contribution in [0, 0.1) is 0 Å². The maximum Gasteiger partial charge on any atom is 0.270 e. The number of furan rings is 1. The molecule has 30 heavy (non-hydrogen) atoms. The van der Waals surface area contributed by atoms with Gasteiger partial charge in [0.2, 0.25) is 0 Å². The van der Waals surface area contributed by atoms with Crippen molar-refractivity contribution < 1.29 is 13.9 Å². The smallest absolute Gasteiger partial charge is 0.270 e. The van der Waals surface area contributed by atoms with Crippen molar-refractivity contribution in [3.8, 4) is 22.9 Å². The average Bonchev–Trinajstić information content (AvgIpc) is 3.45. The first-order valence-electron chi connectivity index (χ1n) is 9.88. The van der Waals surface area contributed by atoms with Crippen LogP contribution in [0.1, 0.15) is 35.9 Å². The summed E-state index contributed by atoms with van der Waals surface area (Å²) >= 11 is 0. The van der Waals surface area contributed by atoms with Crippen molar-refractivity contribution in [2.45, 2.75) is 19.9 Å². The van der Waals surface area contributed by atoms with Crippen LogP contribution in [0.3, 0.4) is 0 Å². The summed E-state index contributed by atoms with van der Waals surface area (Å²) in [4.78, 5) is 13.1. The van der Waals surface area contributed by atoms with Crippen LogP contribution in [-0.4, -0.2) is 22.3 Å². The summed E-state index contributed by atoms with van der Waals surface area (Å²) < 4.78 is 12.6. The van der Waals surface area contributed by atoms with E-state index in [1.807, 2.05) is 74.5 Å². The number of ether oxygens (including phenoxy) is 1. The molecule has 0 radical (unpaired) electrons. The van der Waals surface area contributed by atoms with Gasteiger partial charge in [-0.05, 0) is 55.8 Å².